The Labute approximate surface area is 108 Å². The Kier molecular flexibility index (Phi) is 5.04. The van der Waals surface area contributed by atoms with E-state index in [4.69, 9.17) is 30.6 Å². The van der Waals surface area contributed by atoms with Gasteiger partial charge in [-0.1, -0.05) is 6.92 Å². The van der Waals surface area contributed by atoms with Gasteiger partial charge in [-0.05, 0) is 20.5 Å². The molecule has 0 saturated carbocycles. The third kappa shape index (κ3) is 3.36. The van der Waals surface area contributed by atoms with E-state index in [1.165, 1.54) is 6.92 Å². The maximum Gasteiger partial charge on any atom is 0.347 e. The van der Waals surface area contributed by atoms with Crippen LogP contribution in [0, 0.1) is 0 Å². The summed E-state index contributed by atoms with van der Waals surface area (Å²) in [7, 11) is 1.42. The SMILES string of the molecule is CCC(N(C)C(O)(O)O)(N(C)C(O)(O)O)C(O)(O)O. The van der Waals surface area contributed by atoms with Gasteiger partial charge in [0.2, 0.25) is 0 Å². The van der Waals surface area contributed by atoms with Gasteiger partial charge in [-0.25, -0.2) is 9.80 Å². The van der Waals surface area contributed by atoms with Gasteiger partial charge in [-0.2, -0.15) is 0 Å². The van der Waals surface area contributed by atoms with Gasteiger partial charge in [0, 0.05) is 0 Å². The summed E-state index contributed by atoms with van der Waals surface area (Å²) in [6, 6.07) is 0. The lowest BCUT2D eigenvalue weighted by Crippen LogP contribution is -2.79. The Hall–Kier alpha value is -0.440. The number of hydrogen-bond acceptors (Lipinski definition) is 11. The van der Waals surface area contributed by atoms with Crippen molar-refractivity contribution < 1.29 is 46.0 Å². The second-order valence-electron chi connectivity index (χ2n) is 4.12. The van der Waals surface area contributed by atoms with Crippen LogP contribution in [0.2, 0.25) is 0 Å². The molecule has 116 valence electrons. The number of rotatable bonds is 6. The van der Waals surface area contributed by atoms with E-state index < -0.39 is 30.3 Å². The van der Waals surface area contributed by atoms with Crippen molar-refractivity contribution in [2.75, 3.05) is 14.1 Å². The lowest BCUT2D eigenvalue weighted by atomic mass is 10.00. The van der Waals surface area contributed by atoms with Crippen LogP contribution >= 0.6 is 0 Å². The van der Waals surface area contributed by atoms with Crippen LogP contribution in [0.4, 0.5) is 0 Å². The molecule has 0 bridgehead atoms. The predicted molar refractivity (Wildman–Crippen MR) is 56.7 cm³/mol. The van der Waals surface area contributed by atoms with Gasteiger partial charge in [0.15, 0.2) is 5.66 Å². The van der Waals surface area contributed by atoms with Crippen LogP contribution in [-0.2, 0) is 0 Å². The molecular weight excluding hydrogens is 268 g/mol. The summed E-state index contributed by atoms with van der Waals surface area (Å²) in [5, 5.41) is 82.4. The zero-order valence-electron chi connectivity index (χ0n) is 10.6. The first-order chi connectivity index (χ1) is 8.12. The summed E-state index contributed by atoms with van der Waals surface area (Å²) in [6.07, 6.45) is -7.94. The lowest BCUT2D eigenvalue weighted by molar-refractivity contribution is -0.515. The Morgan fingerprint density at radius 2 is 0.947 bits per heavy atom. The standard InChI is InChI=1S/C8H20N2O9/c1-4-5(6(11,12)13,9(2)7(14,15)16)10(3)8(17,18)19/h11-19H,4H2,1-3H3. The molecule has 0 heterocycles. The smallest absolute Gasteiger partial charge is 0.341 e. The minimum absolute atomic E-state index is 0.00257. The fourth-order valence-corrected chi connectivity index (χ4v) is 1.88. The molecular formula is C8H20N2O9. The monoisotopic (exact) mass is 288 g/mol. The predicted octanol–water partition coefficient (Wildman–Crippen LogP) is -5.24. The third-order valence-electron chi connectivity index (χ3n) is 3.04. The maximum absolute atomic E-state index is 9.36. The van der Waals surface area contributed by atoms with Crippen molar-refractivity contribution in [2.45, 2.75) is 37.2 Å². The fraction of sp³-hybridized carbons (Fsp3) is 1.00. The molecule has 0 radical (unpaired) electrons. The summed E-state index contributed by atoms with van der Waals surface area (Å²) >= 11 is 0. The maximum atomic E-state index is 9.36. The van der Waals surface area contributed by atoms with E-state index in [9.17, 15) is 15.3 Å². The van der Waals surface area contributed by atoms with E-state index in [0.717, 1.165) is 0 Å². The molecule has 0 aromatic carbocycles. The normalized spacial score (nSPS) is 15.5. The van der Waals surface area contributed by atoms with Crippen LogP contribution in [0.15, 0.2) is 0 Å². The van der Waals surface area contributed by atoms with Gasteiger partial charge >= 0.3 is 18.2 Å². The summed E-state index contributed by atoms with van der Waals surface area (Å²) < 4.78 is 0. The van der Waals surface area contributed by atoms with Crippen LogP contribution in [0.1, 0.15) is 13.3 Å². The molecule has 0 amide bonds. The van der Waals surface area contributed by atoms with Crippen LogP contribution in [0.3, 0.4) is 0 Å². The summed E-state index contributed by atoms with van der Waals surface area (Å²) in [4.78, 5) is -0.00514. The quantitative estimate of drug-likeness (QED) is 0.212. The largest absolute Gasteiger partial charge is 0.347 e. The molecule has 0 aromatic heterocycles. The average molecular weight is 288 g/mol. The van der Waals surface area contributed by atoms with E-state index >= 15 is 0 Å². The van der Waals surface area contributed by atoms with E-state index in [-0.39, 0.29) is 9.80 Å². The second kappa shape index (κ2) is 5.16. The minimum atomic E-state index is -3.79. The van der Waals surface area contributed by atoms with Crippen LogP contribution < -0.4 is 0 Å². The Morgan fingerprint density at radius 1 is 0.684 bits per heavy atom. The minimum Gasteiger partial charge on any atom is -0.341 e. The molecule has 0 atom stereocenters. The first-order valence-corrected chi connectivity index (χ1v) is 5.11. The molecule has 0 aliphatic heterocycles. The van der Waals surface area contributed by atoms with Crippen LogP contribution in [-0.4, -0.2) is 93.7 Å². The van der Waals surface area contributed by atoms with Crippen molar-refractivity contribution in [3.8, 4) is 0 Å². The molecule has 0 fully saturated rings. The molecule has 0 saturated heterocycles. The summed E-state index contributed by atoms with van der Waals surface area (Å²) in [5.41, 5.74) is -2.80. The van der Waals surface area contributed by atoms with Gasteiger partial charge < -0.3 is 46.0 Å². The highest BCUT2D eigenvalue weighted by Gasteiger charge is 2.62. The molecule has 11 nitrogen and oxygen atoms in total. The first-order valence-electron chi connectivity index (χ1n) is 5.11. The van der Waals surface area contributed by atoms with Crippen molar-refractivity contribution >= 4 is 0 Å². The molecule has 0 unspecified atom stereocenters. The number of nitrogens with zero attached hydrogens (tertiary/aromatic N) is 2. The first kappa shape index (κ1) is 18.6. The number of likely N-dealkylation sites (N-methyl/N-ethyl adjacent to an activating group) is 2. The zero-order valence-corrected chi connectivity index (χ0v) is 10.6. The van der Waals surface area contributed by atoms with Crippen molar-refractivity contribution in [3.05, 3.63) is 0 Å². The highest BCUT2D eigenvalue weighted by atomic mass is 16.7. The zero-order chi connectivity index (χ0) is 15.9. The van der Waals surface area contributed by atoms with Gasteiger partial charge in [0.1, 0.15) is 0 Å². The topological polar surface area (TPSA) is 189 Å². The van der Waals surface area contributed by atoms with E-state index in [1.807, 2.05) is 0 Å². The number of aliphatic hydroxyl groups is 9. The summed E-state index contributed by atoms with van der Waals surface area (Å²) in [5.74, 6) is -3.79. The van der Waals surface area contributed by atoms with Crippen LogP contribution in [0.25, 0.3) is 0 Å². The summed E-state index contributed by atoms with van der Waals surface area (Å²) in [6.45, 7) is 1.17. The number of hydrogen-bond donors (Lipinski definition) is 9. The van der Waals surface area contributed by atoms with Crippen molar-refractivity contribution in [1.82, 2.24) is 9.80 Å². The molecule has 0 aliphatic carbocycles. The van der Waals surface area contributed by atoms with Gasteiger partial charge in [-0.15, -0.1) is 0 Å². The van der Waals surface area contributed by atoms with Gasteiger partial charge in [0.25, 0.3) is 0 Å². The molecule has 19 heavy (non-hydrogen) atoms. The fourth-order valence-electron chi connectivity index (χ4n) is 1.88. The molecule has 0 aliphatic rings. The molecule has 0 aromatic rings. The Balaban J connectivity index is 6.02. The van der Waals surface area contributed by atoms with E-state index in [1.54, 1.807) is 0 Å². The second-order valence-corrected chi connectivity index (χ2v) is 4.12. The van der Waals surface area contributed by atoms with Crippen LogP contribution in [0.5, 0.6) is 0 Å². The highest BCUT2D eigenvalue weighted by molar-refractivity contribution is 4.94. The molecule has 0 spiro atoms. The van der Waals surface area contributed by atoms with E-state index in [2.05, 4.69) is 0 Å². The van der Waals surface area contributed by atoms with E-state index in [0.29, 0.717) is 14.1 Å². The Morgan fingerprint density at radius 3 is 1.05 bits per heavy atom. The third-order valence-corrected chi connectivity index (χ3v) is 3.04. The van der Waals surface area contributed by atoms with Crippen molar-refractivity contribution in [3.63, 3.8) is 0 Å². The molecule has 11 heteroatoms. The van der Waals surface area contributed by atoms with Gasteiger partial charge in [0.05, 0.1) is 0 Å². The van der Waals surface area contributed by atoms with Crippen molar-refractivity contribution in [1.29, 1.82) is 0 Å². The van der Waals surface area contributed by atoms with Gasteiger partial charge in [-0.3, -0.25) is 0 Å². The molecule has 9 N–H and O–H groups in total. The molecule has 0 rings (SSSR count). The average Bonchev–Trinajstić information content (AvgIpc) is 2.13. The van der Waals surface area contributed by atoms with Crippen molar-refractivity contribution in [2.24, 2.45) is 0 Å². The Bertz CT molecular complexity index is 283. The lowest BCUT2D eigenvalue weighted by Gasteiger charge is -2.54. The highest BCUT2D eigenvalue weighted by Crippen LogP contribution is 2.36.